The molecular weight excluding hydrogens is 787 g/mol. The number of amides is 4. The summed E-state index contributed by atoms with van der Waals surface area (Å²) in [6, 6.07) is 13.3. The summed E-state index contributed by atoms with van der Waals surface area (Å²) in [4.78, 5) is 63.0. The zero-order chi connectivity index (χ0) is 42.0. The quantitative estimate of drug-likeness (QED) is 0.266. The zero-order valence-corrected chi connectivity index (χ0v) is 34.9. The first-order valence-corrected chi connectivity index (χ1v) is 22.7. The van der Waals surface area contributed by atoms with Gasteiger partial charge in [0.1, 0.15) is 35.2 Å². The average molecular weight is 840 g/mol. The van der Waals surface area contributed by atoms with Crippen LogP contribution in [-0.4, -0.2) is 91.4 Å². The number of benzene rings is 2. The minimum absolute atomic E-state index is 0.00678. The number of allylic oxidation sites excluding steroid dienone is 2. The summed E-state index contributed by atoms with van der Waals surface area (Å²) in [5.41, 5.74) is 1.44. The molecule has 60 heavy (non-hydrogen) atoms. The topological polar surface area (TPSA) is 182 Å². The number of aromatic nitrogens is 1. The van der Waals surface area contributed by atoms with Crippen molar-refractivity contribution in [3.63, 3.8) is 0 Å². The molecule has 3 N–H and O–H groups in total. The van der Waals surface area contributed by atoms with Gasteiger partial charge in [0.2, 0.25) is 21.8 Å². The van der Waals surface area contributed by atoms with Gasteiger partial charge in [0, 0.05) is 41.0 Å². The summed E-state index contributed by atoms with van der Waals surface area (Å²) < 4.78 is 46.5. The molecule has 15 heteroatoms. The highest BCUT2D eigenvalue weighted by molar-refractivity contribution is 7.91. The number of alkyl carbamates (subject to hydrolysis) is 1. The highest BCUT2D eigenvalue weighted by atomic mass is 32.2. The van der Waals surface area contributed by atoms with Crippen molar-refractivity contribution >= 4 is 50.8 Å². The fourth-order valence-corrected chi connectivity index (χ4v) is 9.87. The highest BCUT2D eigenvalue weighted by Gasteiger charge is 2.62. The molecule has 1 saturated heterocycles. The second kappa shape index (κ2) is 17.3. The van der Waals surface area contributed by atoms with E-state index in [1.807, 2.05) is 73.7 Å². The van der Waals surface area contributed by atoms with E-state index >= 15 is 0 Å². The molecule has 318 valence electrons. The second-order valence-electron chi connectivity index (χ2n) is 16.9. The van der Waals surface area contributed by atoms with E-state index in [9.17, 15) is 27.6 Å². The lowest BCUT2D eigenvalue weighted by Crippen LogP contribution is -2.58. The molecule has 0 radical (unpaired) electrons. The Bertz CT molecular complexity index is 2310. The summed E-state index contributed by atoms with van der Waals surface area (Å²) in [5, 5.41) is 5.82. The van der Waals surface area contributed by atoms with Crippen LogP contribution in [0.3, 0.4) is 0 Å². The molecule has 2 aliphatic carbocycles. The predicted octanol–water partition coefficient (Wildman–Crippen LogP) is 5.80. The molecule has 3 aliphatic heterocycles. The zero-order valence-electron chi connectivity index (χ0n) is 34.1. The Hall–Kier alpha value is -5.44. The average Bonchev–Trinajstić information content (AvgIpc) is 4.17. The minimum atomic E-state index is -3.91. The van der Waals surface area contributed by atoms with Crippen LogP contribution in [0.1, 0.15) is 83.1 Å². The first-order chi connectivity index (χ1) is 28.9. The van der Waals surface area contributed by atoms with Crippen molar-refractivity contribution in [3.05, 3.63) is 72.3 Å². The number of fused-ring (bicyclic) bond motifs is 4. The first-order valence-electron chi connectivity index (χ1n) is 21.1. The number of sulfonamides is 1. The van der Waals surface area contributed by atoms with Crippen molar-refractivity contribution in [2.75, 3.05) is 20.3 Å². The number of hydrogen-bond acceptors (Lipinski definition) is 10. The van der Waals surface area contributed by atoms with Gasteiger partial charge in [0.15, 0.2) is 0 Å². The Morgan fingerprint density at radius 1 is 1.00 bits per heavy atom. The number of hydrogen-bond donors (Lipinski definition) is 3. The van der Waals surface area contributed by atoms with Crippen LogP contribution in [0.25, 0.3) is 28.2 Å². The van der Waals surface area contributed by atoms with Crippen molar-refractivity contribution in [1.82, 2.24) is 25.2 Å². The summed E-state index contributed by atoms with van der Waals surface area (Å²) in [6.07, 6.45) is 12.3. The van der Waals surface area contributed by atoms with Crippen LogP contribution in [0.2, 0.25) is 0 Å². The first kappa shape index (κ1) is 41.3. The Morgan fingerprint density at radius 3 is 2.60 bits per heavy atom. The summed E-state index contributed by atoms with van der Waals surface area (Å²) >= 11 is 0. The van der Waals surface area contributed by atoms with Gasteiger partial charge in [0.25, 0.3) is 5.91 Å². The lowest BCUT2D eigenvalue weighted by atomic mass is 10.0. The van der Waals surface area contributed by atoms with E-state index in [2.05, 4.69) is 21.4 Å². The molecule has 3 fully saturated rings. The number of methoxy groups -OCH3 is 1. The molecule has 5 bridgehead atoms. The van der Waals surface area contributed by atoms with Gasteiger partial charge in [-0.3, -0.25) is 19.1 Å². The van der Waals surface area contributed by atoms with Crippen LogP contribution in [-0.2, 0) is 29.1 Å². The molecule has 2 saturated carbocycles. The van der Waals surface area contributed by atoms with Gasteiger partial charge in [-0.15, -0.1) is 0 Å². The fraction of sp³-hybridized carbons (Fsp3) is 0.489. The van der Waals surface area contributed by atoms with E-state index in [0.29, 0.717) is 60.2 Å². The molecule has 6 atom stereocenters. The van der Waals surface area contributed by atoms with Gasteiger partial charge >= 0.3 is 6.09 Å². The Morgan fingerprint density at radius 2 is 1.82 bits per heavy atom. The summed E-state index contributed by atoms with van der Waals surface area (Å²) in [7, 11) is -2.30. The van der Waals surface area contributed by atoms with Gasteiger partial charge in [-0.1, -0.05) is 74.4 Å². The molecule has 4 heterocycles. The summed E-state index contributed by atoms with van der Waals surface area (Å²) in [6.45, 7) is 2.14. The van der Waals surface area contributed by atoms with Crippen molar-refractivity contribution in [2.45, 2.75) is 107 Å². The molecule has 1 aromatic heterocycles. The third-order valence-corrected chi connectivity index (χ3v) is 14.1. The van der Waals surface area contributed by atoms with Gasteiger partial charge in [-0.05, 0) is 63.4 Å². The number of nitrogens with zero attached hydrogens (tertiary/aromatic N) is 2. The van der Waals surface area contributed by atoms with E-state index < -0.39 is 68.7 Å². The van der Waals surface area contributed by atoms with Gasteiger partial charge in [-0.2, -0.15) is 0 Å². The molecule has 5 aliphatic rings. The van der Waals surface area contributed by atoms with E-state index in [-0.39, 0.29) is 31.9 Å². The lowest BCUT2D eigenvalue weighted by molar-refractivity contribution is -0.141. The fourth-order valence-electron chi connectivity index (χ4n) is 8.50. The number of carbonyl (C=O) groups excluding carboxylic acids is 4. The van der Waals surface area contributed by atoms with Crippen molar-refractivity contribution in [1.29, 1.82) is 0 Å². The molecule has 2 aromatic carbocycles. The van der Waals surface area contributed by atoms with Crippen LogP contribution < -0.4 is 24.8 Å². The number of ether oxygens (including phenoxy) is 3. The highest BCUT2D eigenvalue weighted by Crippen LogP contribution is 2.46. The van der Waals surface area contributed by atoms with Crippen LogP contribution in [0.15, 0.2) is 66.8 Å². The SMILES string of the molecule is COc1cc2nc(-c3ccccc3)cc3c2cc1/C=C/CC[C@H](C)COC(=O)N[C@H]1CCCCC/C=C\[C@@H]2C[C@@]2(C(=O)NS(=O)(=O)C2CC2)NC(=O)[C@@H]2C[C@H](CN2C1=O)O3. The third-order valence-electron chi connectivity index (χ3n) is 12.2. The molecule has 14 nitrogen and oxygen atoms in total. The van der Waals surface area contributed by atoms with Gasteiger partial charge in [-0.25, -0.2) is 18.2 Å². The second-order valence-corrected chi connectivity index (χ2v) is 18.8. The Labute approximate surface area is 350 Å². The normalized spacial score (nSPS) is 28.9. The maximum Gasteiger partial charge on any atom is 0.407 e. The molecular formula is C45H53N5O9S. The van der Waals surface area contributed by atoms with Crippen molar-refractivity contribution in [2.24, 2.45) is 11.8 Å². The largest absolute Gasteiger partial charge is 0.496 e. The number of rotatable bonds is 5. The predicted molar refractivity (Wildman–Crippen MR) is 225 cm³/mol. The maximum absolute atomic E-state index is 14.8. The number of pyridine rings is 1. The van der Waals surface area contributed by atoms with Gasteiger partial charge < -0.3 is 29.7 Å². The monoisotopic (exact) mass is 839 g/mol. The standard InChI is InChI=1S/C45H53N5O9S/c1-28-13-11-12-16-30-21-34-37(24-39(30)57-2)46-36(29-14-7-6-8-15-29)23-40(34)59-32-22-38-41(51)48-45(43(53)49-60(55,56)33-19-20-33)25-31(45)17-9-4-3-5-10-18-35(42(52)50(38)26-32)47-44(54)58-27-28/h6-9,12,14-17,21,23-24,28,31-33,35,38H,3-5,10-11,13,18-20,22,25-27H2,1-2H3,(H,47,54)(H,48,51)(H,49,53)/b16-12+,17-9-/t28-,31+,32+,35-,38-,45+/m0/s1. The molecule has 4 amide bonds. The smallest absolute Gasteiger partial charge is 0.407 e. The molecule has 0 unspecified atom stereocenters. The number of carbonyl (C=O) groups is 4. The Balaban J connectivity index is 1.19. The Kier molecular flexibility index (Phi) is 11.9. The van der Waals surface area contributed by atoms with Crippen LogP contribution >= 0.6 is 0 Å². The van der Waals surface area contributed by atoms with Crippen LogP contribution in [0.4, 0.5) is 4.79 Å². The van der Waals surface area contributed by atoms with Gasteiger partial charge in [0.05, 0.1) is 36.7 Å². The van der Waals surface area contributed by atoms with E-state index in [0.717, 1.165) is 36.8 Å². The number of cyclic esters (lactones) is 1. The van der Waals surface area contributed by atoms with Crippen molar-refractivity contribution < 1.29 is 41.8 Å². The lowest BCUT2D eigenvalue weighted by Gasteiger charge is -2.29. The molecule has 3 aromatic rings. The number of nitrogens with one attached hydrogen (secondary N) is 3. The van der Waals surface area contributed by atoms with Crippen LogP contribution in [0.5, 0.6) is 11.5 Å². The maximum atomic E-state index is 14.8. The minimum Gasteiger partial charge on any atom is -0.496 e. The molecule has 8 rings (SSSR count). The third kappa shape index (κ3) is 9.01. The summed E-state index contributed by atoms with van der Waals surface area (Å²) in [5.74, 6) is -1.16. The van der Waals surface area contributed by atoms with E-state index in [1.165, 1.54) is 4.90 Å². The van der Waals surface area contributed by atoms with Crippen LogP contribution in [0, 0.1) is 11.8 Å². The van der Waals surface area contributed by atoms with E-state index in [1.54, 1.807) is 7.11 Å². The molecule has 0 spiro atoms. The van der Waals surface area contributed by atoms with E-state index in [4.69, 9.17) is 19.2 Å². The van der Waals surface area contributed by atoms with Crippen molar-refractivity contribution in [3.8, 4) is 22.8 Å².